The quantitative estimate of drug-likeness (QED) is 0.112. The molecule has 0 aromatic heterocycles. The standard InChI is InChI=1S/C37H38F3N3O13/c1-18(2)28(34(49)50)43-33(48)25(42-27(45)15-41-32(47)19-3-9-22(38)10-4-19)17-53-37-31(56-36(52)21-7-13-24(40)14-8-21)30(29(46)26(16-44)54-37)55-35(51)20-5-11-23(39)12-6-20/h3-14,18,25-26,28-31,37,44,46H,15-17H2,1-2H3,(H,41,47)(H,42,45)(H,43,48)(H,49,50)/t25-,26+,28-,29-,30-,31+,37+/m0/s1. The number of aliphatic hydroxyl groups is 2. The molecule has 3 aromatic rings. The van der Waals surface area contributed by atoms with Crippen molar-refractivity contribution < 1.29 is 76.2 Å². The summed E-state index contributed by atoms with van der Waals surface area (Å²) in [5.74, 6) is -9.22. The molecule has 0 unspecified atom stereocenters. The Morgan fingerprint density at radius 1 is 0.750 bits per heavy atom. The minimum atomic E-state index is -1.91. The monoisotopic (exact) mass is 789 g/mol. The number of esters is 2. The average molecular weight is 790 g/mol. The number of nitrogens with one attached hydrogen (secondary N) is 3. The van der Waals surface area contributed by atoms with E-state index >= 15 is 0 Å². The molecule has 1 fully saturated rings. The molecule has 0 radical (unpaired) electrons. The van der Waals surface area contributed by atoms with Crippen LogP contribution in [0.1, 0.15) is 44.9 Å². The van der Waals surface area contributed by atoms with Crippen LogP contribution >= 0.6 is 0 Å². The largest absolute Gasteiger partial charge is 0.480 e. The zero-order chi connectivity index (χ0) is 41.1. The summed E-state index contributed by atoms with van der Waals surface area (Å²) >= 11 is 0. The van der Waals surface area contributed by atoms with Crippen LogP contribution in [0.4, 0.5) is 13.2 Å². The van der Waals surface area contributed by atoms with E-state index in [1.54, 1.807) is 0 Å². The molecule has 4 rings (SSSR count). The van der Waals surface area contributed by atoms with Gasteiger partial charge >= 0.3 is 17.9 Å². The van der Waals surface area contributed by atoms with Crippen molar-refractivity contribution in [3.05, 3.63) is 107 Å². The average Bonchev–Trinajstić information content (AvgIpc) is 3.16. The number of rotatable bonds is 16. The third-order valence-electron chi connectivity index (χ3n) is 8.27. The summed E-state index contributed by atoms with van der Waals surface area (Å²) in [5, 5.41) is 37.7. The number of halogens is 3. The first kappa shape index (κ1) is 42.8. The topological polar surface area (TPSA) is 236 Å². The fraction of sp³-hybridized carbons (Fsp3) is 0.351. The molecule has 1 aliphatic heterocycles. The van der Waals surface area contributed by atoms with Crippen LogP contribution in [0, 0.1) is 23.4 Å². The molecular weight excluding hydrogens is 751 g/mol. The summed E-state index contributed by atoms with van der Waals surface area (Å²) < 4.78 is 62.9. The number of amides is 3. The van der Waals surface area contributed by atoms with Gasteiger partial charge in [-0.25, -0.2) is 27.6 Å². The lowest BCUT2D eigenvalue weighted by molar-refractivity contribution is -0.299. The lowest BCUT2D eigenvalue weighted by Crippen LogP contribution is -2.62. The summed E-state index contributed by atoms with van der Waals surface area (Å²) in [5.41, 5.74) is -0.409. The fourth-order valence-electron chi connectivity index (χ4n) is 5.24. The van der Waals surface area contributed by atoms with Gasteiger partial charge in [0.15, 0.2) is 18.5 Å². The number of benzene rings is 3. The van der Waals surface area contributed by atoms with Crippen LogP contribution in [0.25, 0.3) is 0 Å². The number of aliphatic carboxylic acids is 1. The van der Waals surface area contributed by atoms with Gasteiger partial charge in [0, 0.05) is 5.56 Å². The van der Waals surface area contributed by atoms with Gasteiger partial charge in [0.1, 0.15) is 41.7 Å². The molecule has 6 N–H and O–H groups in total. The molecule has 1 saturated heterocycles. The summed E-state index contributed by atoms with van der Waals surface area (Å²) in [6.07, 6.45) is -9.19. The van der Waals surface area contributed by atoms with E-state index in [1.807, 2.05) is 0 Å². The number of hydrogen-bond donors (Lipinski definition) is 6. The van der Waals surface area contributed by atoms with Crippen LogP contribution in [0.5, 0.6) is 0 Å². The van der Waals surface area contributed by atoms with E-state index in [9.17, 15) is 57.3 Å². The lowest BCUT2D eigenvalue weighted by Gasteiger charge is -2.43. The van der Waals surface area contributed by atoms with Crippen molar-refractivity contribution in [2.45, 2.75) is 56.6 Å². The molecule has 0 aliphatic carbocycles. The van der Waals surface area contributed by atoms with Crippen molar-refractivity contribution in [2.24, 2.45) is 5.92 Å². The zero-order valence-corrected chi connectivity index (χ0v) is 29.7. The van der Waals surface area contributed by atoms with E-state index in [-0.39, 0.29) is 16.7 Å². The summed E-state index contributed by atoms with van der Waals surface area (Å²) in [6, 6.07) is 9.18. The molecule has 0 spiro atoms. The molecular formula is C37H38F3N3O13. The highest BCUT2D eigenvalue weighted by Crippen LogP contribution is 2.29. The molecule has 19 heteroatoms. The number of hydrogen-bond acceptors (Lipinski definition) is 12. The maximum atomic E-state index is 13.6. The van der Waals surface area contributed by atoms with Crippen LogP contribution < -0.4 is 16.0 Å². The number of aliphatic hydroxyl groups excluding tert-OH is 2. The highest BCUT2D eigenvalue weighted by atomic mass is 19.1. The smallest absolute Gasteiger partial charge is 0.338 e. The highest BCUT2D eigenvalue weighted by Gasteiger charge is 2.51. The third kappa shape index (κ3) is 11.6. The van der Waals surface area contributed by atoms with Crippen LogP contribution in [0.15, 0.2) is 72.8 Å². The fourth-order valence-corrected chi connectivity index (χ4v) is 5.24. The van der Waals surface area contributed by atoms with Gasteiger partial charge in [0.25, 0.3) is 5.91 Å². The maximum absolute atomic E-state index is 13.6. The van der Waals surface area contributed by atoms with Crippen LogP contribution in [0.2, 0.25) is 0 Å². The first-order chi connectivity index (χ1) is 26.6. The van der Waals surface area contributed by atoms with E-state index in [0.29, 0.717) is 0 Å². The first-order valence-electron chi connectivity index (χ1n) is 16.9. The Bertz CT molecular complexity index is 1860. The van der Waals surface area contributed by atoms with E-state index in [2.05, 4.69) is 16.0 Å². The highest BCUT2D eigenvalue weighted by molar-refractivity contribution is 5.97. The summed E-state index contributed by atoms with van der Waals surface area (Å²) in [7, 11) is 0. The van der Waals surface area contributed by atoms with Crippen LogP contribution in [0.3, 0.4) is 0 Å². The van der Waals surface area contributed by atoms with E-state index in [1.165, 1.54) is 13.8 Å². The Labute approximate surface area is 316 Å². The van der Waals surface area contributed by atoms with E-state index in [4.69, 9.17) is 18.9 Å². The Morgan fingerprint density at radius 3 is 1.70 bits per heavy atom. The molecule has 1 heterocycles. The molecule has 300 valence electrons. The molecule has 0 saturated carbocycles. The molecule has 7 atom stereocenters. The van der Waals surface area contributed by atoms with Gasteiger partial charge in [-0.05, 0) is 78.7 Å². The number of ether oxygens (including phenoxy) is 4. The van der Waals surface area contributed by atoms with Crippen molar-refractivity contribution in [1.82, 2.24) is 16.0 Å². The van der Waals surface area contributed by atoms with E-state index < -0.39 is 122 Å². The molecule has 16 nitrogen and oxygen atoms in total. The minimum absolute atomic E-state index is 0.00374. The number of carbonyl (C=O) groups excluding carboxylic acids is 5. The Balaban J connectivity index is 1.62. The van der Waals surface area contributed by atoms with Gasteiger partial charge in [-0.1, -0.05) is 13.8 Å². The number of carbonyl (C=O) groups is 6. The Morgan fingerprint density at radius 2 is 1.23 bits per heavy atom. The molecule has 3 aromatic carbocycles. The predicted octanol–water partition coefficient (Wildman–Crippen LogP) is 1.09. The van der Waals surface area contributed by atoms with Crippen LogP contribution in [-0.4, -0.2) is 113 Å². The first-order valence-corrected chi connectivity index (χ1v) is 16.9. The van der Waals surface area contributed by atoms with Gasteiger partial charge in [0.2, 0.25) is 11.8 Å². The van der Waals surface area contributed by atoms with Crippen molar-refractivity contribution >= 4 is 35.6 Å². The Hall–Kier alpha value is -5.89. The number of carboxylic acids is 1. The normalized spacial score (nSPS) is 20.2. The van der Waals surface area contributed by atoms with Gasteiger partial charge in [-0.15, -0.1) is 0 Å². The van der Waals surface area contributed by atoms with Gasteiger partial charge < -0.3 is 50.2 Å². The third-order valence-corrected chi connectivity index (χ3v) is 8.27. The van der Waals surface area contributed by atoms with Crippen molar-refractivity contribution in [2.75, 3.05) is 19.8 Å². The maximum Gasteiger partial charge on any atom is 0.338 e. The number of carboxylic acid groups (broad SMARTS) is 1. The van der Waals surface area contributed by atoms with Gasteiger partial charge in [-0.3, -0.25) is 14.4 Å². The second-order valence-electron chi connectivity index (χ2n) is 12.7. The molecule has 0 bridgehead atoms. The minimum Gasteiger partial charge on any atom is -0.480 e. The predicted molar refractivity (Wildman–Crippen MR) is 184 cm³/mol. The van der Waals surface area contributed by atoms with Crippen molar-refractivity contribution in [1.29, 1.82) is 0 Å². The second kappa shape index (κ2) is 19.6. The summed E-state index contributed by atoms with van der Waals surface area (Å²) in [6.45, 7) is 0.448. The SMILES string of the molecule is CC(C)[C@H](NC(=O)[C@H](CO[C@@H]1O[C@H](CO)[C@H](O)[C@H](OC(=O)c2ccc(F)cc2)[C@H]1OC(=O)c1ccc(F)cc1)NC(=O)CNC(=O)c1ccc(F)cc1)C(=O)O. The zero-order valence-electron chi connectivity index (χ0n) is 29.7. The molecule has 56 heavy (non-hydrogen) atoms. The van der Waals surface area contributed by atoms with Crippen molar-refractivity contribution in [3.8, 4) is 0 Å². The van der Waals surface area contributed by atoms with Gasteiger partial charge in [0.05, 0.1) is 30.9 Å². The molecule has 3 amide bonds. The lowest BCUT2D eigenvalue weighted by atomic mass is 9.98. The van der Waals surface area contributed by atoms with Crippen molar-refractivity contribution in [3.63, 3.8) is 0 Å². The van der Waals surface area contributed by atoms with E-state index in [0.717, 1.165) is 72.8 Å². The van der Waals surface area contributed by atoms with Gasteiger partial charge in [-0.2, -0.15) is 0 Å². The second-order valence-corrected chi connectivity index (χ2v) is 12.7. The molecule has 1 aliphatic rings. The summed E-state index contributed by atoms with van der Waals surface area (Å²) in [4.78, 5) is 77.2. The Kier molecular flexibility index (Phi) is 15.0. The van der Waals surface area contributed by atoms with Crippen LogP contribution in [-0.2, 0) is 33.3 Å².